The number of hydrogen-bond donors (Lipinski definition) is 1. The van der Waals surface area contributed by atoms with Crippen molar-refractivity contribution in [3.05, 3.63) is 29.3 Å². The van der Waals surface area contributed by atoms with Gasteiger partial charge < -0.3 is 9.84 Å². The molecule has 1 aliphatic rings. The van der Waals surface area contributed by atoms with Gasteiger partial charge in [0.2, 0.25) is 0 Å². The van der Waals surface area contributed by atoms with Crippen LogP contribution in [0.2, 0.25) is 0 Å². The molecule has 1 N–H and O–H groups in total. The first-order valence-corrected chi connectivity index (χ1v) is 8.19. The first-order chi connectivity index (χ1) is 10.5. The molecule has 0 spiro atoms. The largest absolute Gasteiger partial charge is 0.492 e. The van der Waals surface area contributed by atoms with Crippen LogP contribution in [0.1, 0.15) is 50.2 Å². The summed E-state index contributed by atoms with van der Waals surface area (Å²) < 4.78 is 5.82. The number of hydrogen-bond acceptors (Lipinski definition) is 3. The molecule has 1 atom stereocenters. The Morgan fingerprint density at radius 1 is 1.41 bits per heavy atom. The van der Waals surface area contributed by atoms with Crippen LogP contribution in [0.5, 0.6) is 5.75 Å². The number of carbonyl (C=O) groups is 1. The van der Waals surface area contributed by atoms with E-state index in [1.807, 2.05) is 11.0 Å². The Bertz CT molecular complexity index is 513. The summed E-state index contributed by atoms with van der Waals surface area (Å²) >= 11 is 0. The first-order valence-electron chi connectivity index (χ1n) is 8.19. The van der Waals surface area contributed by atoms with E-state index in [1.165, 1.54) is 11.1 Å². The average Bonchev–Trinajstić information content (AvgIpc) is 2.47. The minimum absolute atomic E-state index is 0.345. The zero-order valence-corrected chi connectivity index (χ0v) is 13.8. The van der Waals surface area contributed by atoms with E-state index < -0.39 is 5.97 Å². The molecule has 0 aromatic heterocycles. The first kappa shape index (κ1) is 16.8. The van der Waals surface area contributed by atoms with Crippen molar-refractivity contribution in [1.82, 2.24) is 4.90 Å². The highest BCUT2D eigenvalue weighted by molar-refractivity contribution is 5.73. The van der Waals surface area contributed by atoms with Crippen molar-refractivity contribution in [2.75, 3.05) is 19.7 Å². The second kappa shape index (κ2) is 7.63. The summed E-state index contributed by atoms with van der Waals surface area (Å²) in [5.74, 6) is 0.668. The van der Waals surface area contributed by atoms with Crippen LogP contribution in [-0.4, -0.2) is 41.7 Å². The van der Waals surface area contributed by atoms with Gasteiger partial charge >= 0.3 is 5.97 Å². The molecular formula is C18H27NO3. The molecule has 1 aromatic carbocycles. The highest BCUT2D eigenvalue weighted by Gasteiger charge is 2.27. The molecule has 22 heavy (non-hydrogen) atoms. The Morgan fingerprint density at radius 3 is 2.82 bits per heavy atom. The number of carboxylic acid groups (broad SMARTS) is 1. The van der Waals surface area contributed by atoms with Crippen LogP contribution in [-0.2, 0) is 4.79 Å². The van der Waals surface area contributed by atoms with Crippen molar-refractivity contribution in [2.45, 2.75) is 52.0 Å². The third-order valence-electron chi connectivity index (χ3n) is 4.41. The normalized spacial score (nSPS) is 19.4. The molecule has 0 bridgehead atoms. The minimum Gasteiger partial charge on any atom is -0.492 e. The van der Waals surface area contributed by atoms with Crippen molar-refractivity contribution in [3.8, 4) is 5.75 Å². The van der Waals surface area contributed by atoms with Crippen molar-refractivity contribution in [2.24, 2.45) is 0 Å². The predicted molar refractivity (Wildman–Crippen MR) is 87.6 cm³/mol. The average molecular weight is 305 g/mol. The maximum Gasteiger partial charge on any atom is 0.320 e. The molecule has 0 saturated carbocycles. The SMILES string of the molecule is Cc1cc(OCCN2CCCCC2C(=O)O)ccc1C(C)C. The molecule has 1 saturated heterocycles. The fourth-order valence-electron chi connectivity index (χ4n) is 3.20. The van der Waals surface area contributed by atoms with E-state index in [2.05, 4.69) is 32.9 Å². The van der Waals surface area contributed by atoms with Crippen molar-refractivity contribution in [1.29, 1.82) is 0 Å². The molecule has 0 radical (unpaired) electrons. The second-order valence-corrected chi connectivity index (χ2v) is 6.41. The van der Waals surface area contributed by atoms with Gasteiger partial charge in [0.1, 0.15) is 18.4 Å². The summed E-state index contributed by atoms with van der Waals surface area (Å²) in [5.41, 5.74) is 2.59. The number of benzene rings is 1. The van der Waals surface area contributed by atoms with Crippen LogP contribution in [0.15, 0.2) is 18.2 Å². The number of likely N-dealkylation sites (tertiary alicyclic amines) is 1. The summed E-state index contributed by atoms with van der Waals surface area (Å²) in [6.45, 7) is 8.53. The van der Waals surface area contributed by atoms with E-state index in [4.69, 9.17) is 4.74 Å². The number of piperidine rings is 1. The van der Waals surface area contributed by atoms with Gasteiger partial charge in [-0.05, 0) is 55.5 Å². The monoisotopic (exact) mass is 305 g/mol. The maximum atomic E-state index is 11.3. The number of rotatable bonds is 6. The summed E-state index contributed by atoms with van der Waals surface area (Å²) in [6.07, 6.45) is 2.83. The molecule has 1 unspecified atom stereocenters. The molecule has 1 fully saturated rings. The van der Waals surface area contributed by atoms with E-state index in [1.54, 1.807) is 0 Å². The quantitative estimate of drug-likeness (QED) is 0.874. The third kappa shape index (κ3) is 4.23. The zero-order valence-electron chi connectivity index (χ0n) is 13.8. The van der Waals surface area contributed by atoms with Crippen LogP contribution in [0.3, 0.4) is 0 Å². The van der Waals surface area contributed by atoms with Gasteiger partial charge in [-0.3, -0.25) is 9.69 Å². The van der Waals surface area contributed by atoms with Crippen LogP contribution in [0.25, 0.3) is 0 Å². The summed E-state index contributed by atoms with van der Waals surface area (Å²) in [4.78, 5) is 13.3. The molecule has 1 heterocycles. The van der Waals surface area contributed by atoms with E-state index in [0.29, 0.717) is 19.1 Å². The van der Waals surface area contributed by atoms with Crippen LogP contribution in [0.4, 0.5) is 0 Å². The fraction of sp³-hybridized carbons (Fsp3) is 0.611. The highest BCUT2D eigenvalue weighted by atomic mass is 16.5. The van der Waals surface area contributed by atoms with Gasteiger partial charge in [-0.25, -0.2) is 0 Å². The summed E-state index contributed by atoms with van der Waals surface area (Å²) in [7, 11) is 0. The lowest BCUT2D eigenvalue weighted by Gasteiger charge is -2.32. The Balaban J connectivity index is 1.88. The van der Waals surface area contributed by atoms with Gasteiger partial charge in [0.25, 0.3) is 0 Å². The Hall–Kier alpha value is -1.55. The molecule has 2 rings (SSSR count). The number of carboxylic acids is 1. The molecule has 1 aromatic rings. The smallest absolute Gasteiger partial charge is 0.320 e. The zero-order chi connectivity index (χ0) is 16.1. The lowest BCUT2D eigenvalue weighted by Crippen LogP contribution is -2.46. The van der Waals surface area contributed by atoms with Gasteiger partial charge in [0.05, 0.1) is 0 Å². The number of ether oxygens (including phenoxy) is 1. The maximum absolute atomic E-state index is 11.3. The predicted octanol–water partition coefficient (Wildman–Crippen LogP) is 3.44. The van der Waals surface area contributed by atoms with Crippen molar-refractivity contribution in [3.63, 3.8) is 0 Å². The lowest BCUT2D eigenvalue weighted by molar-refractivity contribution is -0.144. The highest BCUT2D eigenvalue weighted by Crippen LogP contribution is 2.23. The van der Waals surface area contributed by atoms with E-state index in [9.17, 15) is 9.90 Å². The van der Waals surface area contributed by atoms with E-state index >= 15 is 0 Å². The van der Waals surface area contributed by atoms with Gasteiger partial charge in [-0.1, -0.05) is 26.3 Å². The van der Waals surface area contributed by atoms with Gasteiger partial charge in [0.15, 0.2) is 0 Å². The van der Waals surface area contributed by atoms with Crippen molar-refractivity contribution >= 4 is 5.97 Å². The fourth-order valence-corrected chi connectivity index (χ4v) is 3.20. The lowest BCUT2D eigenvalue weighted by atomic mass is 9.98. The van der Waals surface area contributed by atoms with Gasteiger partial charge in [-0.2, -0.15) is 0 Å². The number of nitrogens with zero attached hydrogens (tertiary/aromatic N) is 1. The van der Waals surface area contributed by atoms with Crippen LogP contribution >= 0.6 is 0 Å². The Morgan fingerprint density at radius 2 is 2.18 bits per heavy atom. The van der Waals surface area contributed by atoms with E-state index in [0.717, 1.165) is 31.6 Å². The molecule has 0 aliphatic carbocycles. The summed E-state index contributed by atoms with van der Waals surface area (Å²) in [5, 5.41) is 9.26. The Kier molecular flexibility index (Phi) is 5.83. The third-order valence-corrected chi connectivity index (χ3v) is 4.41. The molecule has 122 valence electrons. The minimum atomic E-state index is -0.711. The molecule has 4 nitrogen and oxygen atoms in total. The second-order valence-electron chi connectivity index (χ2n) is 6.41. The molecular weight excluding hydrogens is 278 g/mol. The van der Waals surface area contributed by atoms with Crippen molar-refractivity contribution < 1.29 is 14.6 Å². The van der Waals surface area contributed by atoms with Crippen LogP contribution < -0.4 is 4.74 Å². The topological polar surface area (TPSA) is 49.8 Å². The number of aliphatic carboxylic acids is 1. The Labute approximate surface area is 133 Å². The molecule has 4 heteroatoms. The molecule has 1 aliphatic heterocycles. The van der Waals surface area contributed by atoms with E-state index in [-0.39, 0.29) is 6.04 Å². The van der Waals surface area contributed by atoms with Gasteiger partial charge in [-0.15, -0.1) is 0 Å². The summed E-state index contributed by atoms with van der Waals surface area (Å²) in [6, 6.07) is 5.85. The van der Waals surface area contributed by atoms with Gasteiger partial charge in [0, 0.05) is 6.54 Å². The molecule has 0 amide bonds. The standard InChI is InChI=1S/C18H27NO3/c1-13(2)16-8-7-15(12-14(16)3)22-11-10-19-9-5-4-6-17(19)18(20)21/h7-8,12-13,17H,4-6,9-11H2,1-3H3,(H,20,21). The van der Waals surface area contributed by atoms with Crippen LogP contribution in [0, 0.1) is 6.92 Å². The number of aryl methyl sites for hydroxylation is 1.